The summed E-state index contributed by atoms with van der Waals surface area (Å²) in [7, 11) is 0. The van der Waals surface area contributed by atoms with Crippen LogP contribution in [0.3, 0.4) is 0 Å². The first-order valence-corrected chi connectivity index (χ1v) is 7.01. The summed E-state index contributed by atoms with van der Waals surface area (Å²) in [4.78, 5) is 5.24. The first kappa shape index (κ1) is 12.9. The monoisotopic (exact) mass is 262 g/mol. The Morgan fingerprint density at radius 2 is 2.06 bits per heavy atom. The van der Waals surface area contributed by atoms with E-state index >= 15 is 0 Å². The van der Waals surface area contributed by atoms with E-state index in [1.807, 2.05) is 18.3 Å². The molecule has 2 N–H and O–H groups in total. The van der Waals surface area contributed by atoms with Crippen molar-refractivity contribution in [1.82, 2.24) is 4.98 Å². The molecule has 0 bridgehead atoms. The minimum Gasteiger partial charge on any atom is -0.494 e. The van der Waals surface area contributed by atoms with Gasteiger partial charge in [-0.1, -0.05) is 25.5 Å². The Morgan fingerprint density at radius 3 is 2.67 bits per heavy atom. The van der Waals surface area contributed by atoms with E-state index in [1.54, 1.807) is 0 Å². The number of nitrogens with two attached hydrogens (primary N) is 1. The lowest BCUT2D eigenvalue weighted by molar-refractivity contribution is 0.309. The Labute approximate surface area is 112 Å². The summed E-state index contributed by atoms with van der Waals surface area (Å²) in [5, 5.41) is 0.629. The number of ether oxygens (including phenoxy) is 1. The number of hydrogen-bond acceptors (Lipinski definition) is 4. The van der Waals surface area contributed by atoms with Gasteiger partial charge in [-0.05, 0) is 24.1 Å². The van der Waals surface area contributed by atoms with Gasteiger partial charge in [-0.15, -0.1) is 11.3 Å². The quantitative estimate of drug-likeness (QED) is 0.811. The van der Waals surface area contributed by atoms with Crippen LogP contribution < -0.4 is 10.5 Å². The second kappa shape index (κ2) is 6.40. The van der Waals surface area contributed by atoms with Gasteiger partial charge in [0, 0.05) is 17.5 Å². The molecular formula is C14H18N2OS. The SMILES string of the molecule is CCCCOc1ccc(Cc2cnc(N)s2)cc1. The maximum absolute atomic E-state index is 5.63. The highest BCUT2D eigenvalue weighted by molar-refractivity contribution is 7.15. The number of nitrogens with zero attached hydrogens (tertiary/aromatic N) is 1. The summed E-state index contributed by atoms with van der Waals surface area (Å²) < 4.78 is 5.63. The molecule has 2 rings (SSSR count). The van der Waals surface area contributed by atoms with Crippen molar-refractivity contribution < 1.29 is 4.74 Å². The fraction of sp³-hybridized carbons (Fsp3) is 0.357. The van der Waals surface area contributed by atoms with E-state index in [1.165, 1.54) is 21.8 Å². The second-order valence-electron chi connectivity index (χ2n) is 4.19. The zero-order chi connectivity index (χ0) is 12.8. The smallest absolute Gasteiger partial charge is 0.180 e. The molecule has 0 aliphatic heterocycles. The molecule has 0 spiro atoms. The van der Waals surface area contributed by atoms with Crippen LogP contribution >= 0.6 is 11.3 Å². The van der Waals surface area contributed by atoms with Crippen LogP contribution in [0.1, 0.15) is 30.2 Å². The molecular weight excluding hydrogens is 244 g/mol. The molecule has 2 aromatic rings. The molecule has 0 amide bonds. The van der Waals surface area contributed by atoms with Crippen LogP contribution in [0.2, 0.25) is 0 Å². The van der Waals surface area contributed by atoms with Crippen LogP contribution in [-0.2, 0) is 6.42 Å². The van der Waals surface area contributed by atoms with E-state index in [4.69, 9.17) is 10.5 Å². The molecule has 0 saturated heterocycles. The van der Waals surface area contributed by atoms with Crippen LogP contribution in [0, 0.1) is 0 Å². The summed E-state index contributed by atoms with van der Waals surface area (Å²) in [5.74, 6) is 0.941. The summed E-state index contributed by atoms with van der Waals surface area (Å²) in [6.07, 6.45) is 4.97. The molecule has 0 atom stereocenters. The van der Waals surface area contributed by atoms with Crippen LogP contribution in [0.5, 0.6) is 5.75 Å². The fourth-order valence-corrected chi connectivity index (χ4v) is 2.36. The van der Waals surface area contributed by atoms with Gasteiger partial charge in [-0.25, -0.2) is 4.98 Å². The average molecular weight is 262 g/mol. The zero-order valence-electron chi connectivity index (χ0n) is 10.6. The number of rotatable bonds is 6. The van der Waals surface area contributed by atoms with Crippen molar-refractivity contribution in [2.24, 2.45) is 0 Å². The normalized spacial score (nSPS) is 10.5. The van der Waals surface area contributed by atoms with Gasteiger partial charge in [0.25, 0.3) is 0 Å². The molecule has 1 heterocycles. The van der Waals surface area contributed by atoms with Crippen molar-refractivity contribution in [3.63, 3.8) is 0 Å². The molecule has 0 saturated carbocycles. The van der Waals surface area contributed by atoms with Crippen molar-refractivity contribution in [3.8, 4) is 5.75 Å². The van der Waals surface area contributed by atoms with Gasteiger partial charge in [-0.2, -0.15) is 0 Å². The van der Waals surface area contributed by atoms with E-state index in [-0.39, 0.29) is 0 Å². The maximum Gasteiger partial charge on any atom is 0.180 e. The first-order valence-electron chi connectivity index (χ1n) is 6.20. The Kier molecular flexibility index (Phi) is 4.59. The molecule has 0 unspecified atom stereocenters. The van der Waals surface area contributed by atoms with Gasteiger partial charge in [0.1, 0.15) is 5.75 Å². The molecule has 4 heteroatoms. The Balaban J connectivity index is 1.91. The third-order valence-electron chi connectivity index (χ3n) is 2.64. The van der Waals surface area contributed by atoms with Crippen molar-refractivity contribution in [3.05, 3.63) is 40.9 Å². The van der Waals surface area contributed by atoms with Crippen molar-refractivity contribution in [1.29, 1.82) is 0 Å². The summed E-state index contributed by atoms with van der Waals surface area (Å²) >= 11 is 1.54. The van der Waals surface area contributed by atoms with E-state index in [0.29, 0.717) is 5.13 Å². The molecule has 0 aliphatic carbocycles. The third-order valence-corrected chi connectivity index (χ3v) is 3.47. The lowest BCUT2D eigenvalue weighted by atomic mass is 10.1. The van der Waals surface area contributed by atoms with Gasteiger partial charge in [-0.3, -0.25) is 0 Å². The molecule has 3 nitrogen and oxygen atoms in total. The topological polar surface area (TPSA) is 48.1 Å². The van der Waals surface area contributed by atoms with E-state index in [2.05, 4.69) is 24.0 Å². The predicted octanol–water partition coefficient (Wildman–Crippen LogP) is 3.50. The molecule has 0 aliphatic rings. The molecule has 0 fully saturated rings. The average Bonchev–Trinajstić information content (AvgIpc) is 2.77. The Bertz CT molecular complexity index is 479. The highest BCUT2D eigenvalue weighted by Gasteiger charge is 2.01. The number of aromatic nitrogens is 1. The minimum atomic E-state index is 0.629. The van der Waals surface area contributed by atoms with Gasteiger partial charge in [0.05, 0.1) is 6.61 Å². The first-order chi connectivity index (χ1) is 8.78. The summed E-state index contributed by atoms with van der Waals surface area (Å²) in [5.41, 5.74) is 6.86. The lowest BCUT2D eigenvalue weighted by Crippen LogP contribution is -1.96. The van der Waals surface area contributed by atoms with Gasteiger partial charge in [0.15, 0.2) is 5.13 Å². The van der Waals surface area contributed by atoms with E-state index < -0.39 is 0 Å². The highest BCUT2D eigenvalue weighted by Crippen LogP contribution is 2.20. The van der Waals surface area contributed by atoms with Crippen molar-refractivity contribution in [2.75, 3.05) is 12.3 Å². The second-order valence-corrected chi connectivity index (χ2v) is 5.33. The summed E-state index contributed by atoms with van der Waals surface area (Å²) in [6.45, 7) is 2.95. The molecule has 18 heavy (non-hydrogen) atoms. The van der Waals surface area contributed by atoms with Crippen LogP contribution in [0.25, 0.3) is 0 Å². The molecule has 1 aromatic heterocycles. The minimum absolute atomic E-state index is 0.629. The van der Waals surface area contributed by atoms with Crippen molar-refractivity contribution >= 4 is 16.5 Å². The lowest BCUT2D eigenvalue weighted by Gasteiger charge is -2.06. The number of nitrogen functional groups attached to an aromatic ring is 1. The molecule has 1 aromatic carbocycles. The molecule has 0 radical (unpaired) electrons. The summed E-state index contributed by atoms with van der Waals surface area (Å²) in [6, 6.07) is 8.24. The van der Waals surface area contributed by atoms with E-state index in [0.717, 1.165) is 31.6 Å². The predicted molar refractivity (Wildman–Crippen MR) is 76.2 cm³/mol. The highest BCUT2D eigenvalue weighted by atomic mass is 32.1. The number of anilines is 1. The third kappa shape index (κ3) is 3.74. The number of benzene rings is 1. The largest absolute Gasteiger partial charge is 0.494 e. The maximum atomic E-state index is 5.63. The van der Waals surface area contributed by atoms with Crippen molar-refractivity contribution in [2.45, 2.75) is 26.2 Å². The number of thiazole rings is 1. The number of hydrogen-bond donors (Lipinski definition) is 1. The Morgan fingerprint density at radius 1 is 1.28 bits per heavy atom. The van der Waals surface area contributed by atoms with Crippen LogP contribution in [0.15, 0.2) is 30.5 Å². The molecule has 96 valence electrons. The number of unbranched alkanes of at least 4 members (excludes halogenated alkanes) is 1. The van der Waals surface area contributed by atoms with Gasteiger partial charge in [0.2, 0.25) is 0 Å². The van der Waals surface area contributed by atoms with Crippen LogP contribution in [0.4, 0.5) is 5.13 Å². The fourth-order valence-electron chi connectivity index (χ4n) is 1.64. The van der Waals surface area contributed by atoms with E-state index in [9.17, 15) is 0 Å². The zero-order valence-corrected chi connectivity index (χ0v) is 11.4. The Hall–Kier alpha value is -1.55. The van der Waals surface area contributed by atoms with Crippen LogP contribution in [-0.4, -0.2) is 11.6 Å². The standard InChI is InChI=1S/C14H18N2OS/c1-2-3-8-17-12-6-4-11(5-7-12)9-13-10-16-14(15)18-13/h4-7,10H,2-3,8-9H2,1H3,(H2,15,16). The van der Waals surface area contributed by atoms with Gasteiger partial charge < -0.3 is 10.5 Å². The van der Waals surface area contributed by atoms with Gasteiger partial charge >= 0.3 is 0 Å².